The number of nitrogens with zero attached hydrogens (tertiary/aromatic N) is 4. The second-order valence-corrected chi connectivity index (χ2v) is 9.51. The largest absolute Gasteiger partial charge is 0.431 e. The predicted molar refractivity (Wildman–Crippen MR) is 119 cm³/mol. The number of aromatic nitrogens is 4. The summed E-state index contributed by atoms with van der Waals surface area (Å²) in [5, 5.41) is 2.95. The van der Waals surface area contributed by atoms with Gasteiger partial charge in [-0.05, 0) is 39.8 Å². The highest BCUT2D eigenvalue weighted by Crippen LogP contribution is 2.44. The van der Waals surface area contributed by atoms with Crippen molar-refractivity contribution in [2.75, 3.05) is 12.1 Å². The SMILES string of the molecule is CC(C)O[C@H](C)N[P@@](=O)(CO[C@H](C)Cn1cnc2c(N)ncnc21)Oc1ccccc1. The van der Waals surface area contributed by atoms with Crippen molar-refractivity contribution in [3.8, 4) is 5.75 Å². The Bertz CT molecular complexity index is 1030. The molecule has 0 aliphatic carbocycles. The van der Waals surface area contributed by atoms with Gasteiger partial charge in [-0.25, -0.2) is 20.0 Å². The van der Waals surface area contributed by atoms with Crippen LogP contribution < -0.4 is 15.3 Å². The third-order valence-corrected chi connectivity index (χ3v) is 6.01. The number of nitrogen functional groups attached to an aromatic ring is 1. The van der Waals surface area contributed by atoms with Crippen LogP contribution in [0.3, 0.4) is 0 Å². The minimum Gasteiger partial charge on any atom is -0.431 e. The maximum Gasteiger partial charge on any atom is 0.344 e. The minimum atomic E-state index is -3.42. The lowest BCUT2D eigenvalue weighted by Gasteiger charge is -2.26. The fourth-order valence-electron chi connectivity index (χ4n) is 3.04. The van der Waals surface area contributed by atoms with Crippen molar-refractivity contribution in [2.24, 2.45) is 0 Å². The van der Waals surface area contributed by atoms with Crippen molar-refractivity contribution in [1.82, 2.24) is 24.6 Å². The molecule has 1 aromatic carbocycles. The number of para-hydroxylation sites is 1. The third kappa shape index (κ3) is 6.48. The Labute approximate surface area is 181 Å². The maximum absolute atomic E-state index is 13.5. The fourth-order valence-corrected chi connectivity index (χ4v) is 4.75. The Morgan fingerprint density at radius 3 is 2.58 bits per heavy atom. The number of hydrogen-bond acceptors (Lipinski definition) is 8. The number of imidazole rings is 1. The summed E-state index contributed by atoms with van der Waals surface area (Å²) in [7, 11) is -3.42. The first-order chi connectivity index (χ1) is 14.8. The lowest BCUT2D eigenvalue weighted by molar-refractivity contribution is 0.00923. The standard InChI is InChI=1S/C20H29N6O4P/c1-14(2)29-16(4)25-31(27,30-17-8-6-5-7-9-17)13-28-15(3)10-26-12-24-18-19(21)22-11-23-20(18)26/h5-9,11-12,14-16H,10,13H2,1-4H3,(H,25,27)(H2,21,22,23)/t15-,16-,31-/m1/s1. The molecule has 31 heavy (non-hydrogen) atoms. The molecule has 3 N–H and O–H groups in total. The molecule has 11 heteroatoms. The van der Waals surface area contributed by atoms with Crippen molar-refractivity contribution < 1.29 is 18.6 Å². The number of ether oxygens (including phenoxy) is 2. The van der Waals surface area contributed by atoms with Gasteiger partial charge in [0, 0.05) is 0 Å². The van der Waals surface area contributed by atoms with Gasteiger partial charge in [0.1, 0.15) is 30.2 Å². The smallest absolute Gasteiger partial charge is 0.344 e. The second kappa shape index (κ2) is 10.2. The molecule has 0 spiro atoms. The van der Waals surface area contributed by atoms with Crippen LogP contribution in [0, 0.1) is 0 Å². The predicted octanol–water partition coefficient (Wildman–Crippen LogP) is 3.40. The third-order valence-electron chi connectivity index (χ3n) is 4.26. The first-order valence-corrected chi connectivity index (χ1v) is 11.9. The molecule has 168 valence electrons. The summed E-state index contributed by atoms with van der Waals surface area (Å²) < 4.78 is 32.8. The Morgan fingerprint density at radius 2 is 1.87 bits per heavy atom. The zero-order valence-corrected chi connectivity index (χ0v) is 19.0. The van der Waals surface area contributed by atoms with Gasteiger partial charge >= 0.3 is 7.52 Å². The molecule has 2 aromatic heterocycles. The van der Waals surface area contributed by atoms with Gasteiger partial charge in [-0.2, -0.15) is 0 Å². The van der Waals surface area contributed by atoms with Crippen LogP contribution in [0.4, 0.5) is 5.82 Å². The van der Waals surface area contributed by atoms with Crippen molar-refractivity contribution in [3.63, 3.8) is 0 Å². The van der Waals surface area contributed by atoms with Crippen LogP contribution in [-0.2, 0) is 20.6 Å². The summed E-state index contributed by atoms with van der Waals surface area (Å²) in [5.41, 5.74) is 6.99. The molecular formula is C20H29N6O4P. The van der Waals surface area contributed by atoms with Crippen molar-refractivity contribution in [2.45, 2.75) is 52.7 Å². The van der Waals surface area contributed by atoms with Gasteiger partial charge in [0.05, 0.1) is 25.1 Å². The van der Waals surface area contributed by atoms with E-state index in [2.05, 4.69) is 20.0 Å². The molecular weight excluding hydrogens is 419 g/mol. The molecule has 3 atom stereocenters. The molecule has 10 nitrogen and oxygen atoms in total. The quantitative estimate of drug-likeness (QED) is 0.335. The number of hydrogen-bond donors (Lipinski definition) is 2. The Kier molecular flexibility index (Phi) is 7.61. The van der Waals surface area contributed by atoms with E-state index in [0.717, 1.165) is 0 Å². The van der Waals surface area contributed by atoms with Crippen LogP contribution in [0.5, 0.6) is 5.75 Å². The number of fused-ring (bicyclic) bond motifs is 1. The lowest BCUT2D eigenvalue weighted by Crippen LogP contribution is -2.32. The first kappa shape index (κ1) is 23.1. The van der Waals surface area contributed by atoms with Crippen LogP contribution in [0.25, 0.3) is 11.2 Å². The molecule has 0 radical (unpaired) electrons. The molecule has 0 saturated carbocycles. The first-order valence-electron chi connectivity index (χ1n) is 10.1. The van der Waals surface area contributed by atoms with Gasteiger partial charge in [-0.1, -0.05) is 18.2 Å². The molecule has 0 fully saturated rings. The van der Waals surface area contributed by atoms with Crippen LogP contribution in [0.15, 0.2) is 43.0 Å². The molecule has 3 aromatic rings. The van der Waals surface area contributed by atoms with Crippen molar-refractivity contribution >= 4 is 24.5 Å². The highest BCUT2D eigenvalue weighted by molar-refractivity contribution is 7.57. The van der Waals surface area contributed by atoms with Crippen molar-refractivity contribution in [1.29, 1.82) is 0 Å². The molecule has 0 aliphatic rings. The molecule has 0 saturated heterocycles. The summed E-state index contributed by atoms with van der Waals surface area (Å²) in [6, 6.07) is 8.98. The van der Waals surface area contributed by atoms with E-state index in [1.807, 2.05) is 43.5 Å². The topological polar surface area (TPSA) is 126 Å². The molecule has 2 heterocycles. The van der Waals surface area contributed by atoms with E-state index in [9.17, 15) is 4.57 Å². The maximum atomic E-state index is 13.5. The number of rotatable bonds is 11. The van der Waals surface area contributed by atoms with Gasteiger partial charge in [-0.15, -0.1) is 0 Å². The lowest BCUT2D eigenvalue weighted by atomic mass is 10.3. The molecule has 3 rings (SSSR count). The van der Waals surface area contributed by atoms with Crippen LogP contribution in [0.1, 0.15) is 27.7 Å². The van der Waals surface area contributed by atoms with E-state index >= 15 is 0 Å². The molecule has 0 amide bonds. The van der Waals surface area contributed by atoms with E-state index in [4.69, 9.17) is 19.7 Å². The van der Waals surface area contributed by atoms with Gasteiger partial charge in [0.2, 0.25) is 0 Å². The van der Waals surface area contributed by atoms with Crippen molar-refractivity contribution in [3.05, 3.63) is 43.0 Å². The van der Waals surface area contributed by atoms with Crippen LogP contribution >= 0.6 is 7.52 Å². The average Bonchev–Trinajstić information content (AvgIpc) is 3.10. The minimum absolute atomic E-state index is 0.0311. The van der Waals surface area contributed by atoms with E-state index in [1.165, 1.54) is 6.33 Å². The van der Waals surface area contributed by atoms with Crippen LogP contribution in [0.2, 0.25) is 0 Å². The highest BCUT2D eigenvalue weighted by Gasteiger charge is 2.29. The zero-order chi connectivity index (χ0) is 22.4. The summed E-state index contributed by atoms with van der Waals surface area (Å²) in [6.45, 7) is 7.91. The molecule has 0 unspecified atom stereocenters. The Hall–Kier alpha value is -2.52. The number of nitrogens with one attached hydrogen (secondary N) is 1. The second-order valence-electron chi connectivity index (χ2n) is 7.47. The summed E-state index contributed by atoms with van der Waals surface area (Å²) in [4.78, 5) is 12.4. The summed E-state index contributed by atoms with van der Waals surface area (Å²) >= 11 is 0. The molecule has 0 aliphatic heterocycles. The number of benzene rings is 1. The summed E-state index contributed by atoms with van der Waals surface area (Å²) in [6.07, 6.45) is 2.07. The van der Waals surface area contributed by atoms with Gasteiger partial charge in [0.25, 0.3) is 0 Å². The monoisotopic (exact) mass is 448 g/mol. The van der Waals surface area contributed by atoms with Gasteiger partial charge < -0.3 is 24.3 Å². The number of nitrogens with two attached hydrogens (primary N) is 1. The van der Waals surface area contributed by atoms with Gasteiger partial charge in [-0.3, -0.25) is 4.57 Å². The average molecular weight is 448 g/mol. The van der Waals surface area contributed by atoms with E-state index < -0.39 is 13.7 Å². The number of anilines is 1. The normalized spacial score (nSPS) is 15.6. The van der Waals surface area contributed by atoms with Gasteiger partial charge in [0.15, 0.2) is 11.5 Å². The van der Waals surface area contributed by atoms with E-state index in [0.29, 0.717) is 29.3 Å². The van der Waals surface area contributed by atoms with E-state index in [-0.39, 0.29) is 18.6 Å². The fraction of sp³-hybridized carbons (Fsp3) is 0.450. The Morgan fingerprint density at radius 1 is 1.13 bits per heavy atom. The zero-order valence-electron chi connectivity index (χ0n) is 18.1. The van der Waals surface area contributed by atoms with E-state index in [1.54, 1.807) is 25.4 Å². The Balaban J connectivity index is 1.68. The summed E-state index contributed by atoms with van der Waals surface area (Å²) in [5.74, 6) is 0.806. The van der Waals surface area contributed by atoms with Crippen LogP contribution in [-0.4, -0.2) is 44.3 Å². The molecule has 0 bridgehead atoms. The highest BCUT2D eigenvalue weighted by atomic mass is 31.2.